The van der Waals surface area contributed by atoms with Crippen LogP contribution in [0, 0.1) is 0 Å². The summed E-state index contributed by atoms with van der Waals surface area (Å²) in [6, 6.07) is 5.71. The van der Waals surface area contributed by atoms with Gasteiger partial charge < -0.3 is 0 Å². The molecule has 24 heavy (non-hydrogen) atoms. The Kier molecular flexibility index (Phi) is 3.04. The number of hydrogen-bond acceptors (Lipinski definition) is 2. The largest absolute Gasteiger partial charge is 0.268 e. The number of halogens is 1. The van der Waals surface area contributed by atoms with Crippen molar-refractivity contribution in [2.75, 3.05) is 0 Å². The summed E-state index contributed by atoms with van der Waals surface area (Å²) < 4.78 is 2.71. The molecule has 4 heteroatoms. The number of nitrogens with zero attached hydrogens (tertiary/aromatic N) is 2. The van der Waals surface area contributed by atoms with Gasteiger partial charge in [-0.25, -0.2) is 4.98 Å². The Labute approximate surface area is 147 Å². The number of fused-ring (bicyclic) bond motifs is 7. The summed E-state index contributed by atoms with van der Waals surface area (Å²) in [5.41, 5.74) is 6.39. The Hall–Kier alpha value is -2.20. The van der Waals surface area contributed by atoms with Gasteiger partial charge in [0.2, 0.25) is 0 Å². The third-order valence-electron chi connectivity index (χ3n) is 4.99. The SMILES string of the molecule is O=c1c2cc(Br)ccc2nc2c3c(c4c(n12)C=CCC4)CCC=C3. The molecule has 5 rings (SSSR count). The van der Waals surface area contributed by atoms with Gasteiger partial charge in [0.1, 0.15) is 5.65 Å². The molecule has 0 atom stereocenters. The molecule has 3 aromatic rings. The molecule has 118 valence electrons. The van der Waals surface area contributed by atoms with Crippen LogP contribution in [-0.2, 0) is 12.8 Å². The van der Waals surface area contributed by atoms with Gasteiger partial charge in [0.05, 0.1) is 16.6 Å². The zero-order chi connectivity index (χ0) is 16.3. The molecule has 0 aliphatic heterocycles. The summed E-state index contributed by atoms with van der Waals surface area (Å²) in [6.07, 6.45) is 12.7. The van der Waals surface area contributed by atoms with E-state index in [-0.39, 0.29) is 5.56 Å². The molecule has 0 saturated carbocycles. The van der Waals surface area contributed by atoms with E-state index in [2.05, 4.69) is 40.2 Å². The normalized spacial score (nSPS) is 15.7. The highest BCUT2D eigenvalue weighted by molar-refractivity contribution is 9.10. The topological polar surface area (TPSA) is 34.4 Å². The van der Waals surface area contributed by atoms with Crippen LogP contribution in [0.15, 0.2) is 39.6 Å². The molecule has 1 aromatic carbocycles. The fourth-order valence-corrected chi connectivity index (χ4v) is 4.28. The maximum atomic E-state index is 13.2. The molecule has 0 N–H and O–H groups in total. The van der Waals surface area contributed by atoms with Gasteiger partial charge in [-0.1, -0.05) is 34.2 Å². The fraction of sp³-hybridized carbons (Fsp3) is 0.200. The van der Waals surface area contributed by atoms with Crippen LogP contribution in [0.5, 0.6) is 0 Å². The third kappa shape index (κ3) is 1.89. The molecule has 0 fully saturated rings. The Morgan fingerprint density at radius 3 is 2.71 bits per heavy atom. The Morgan fingerprint density at radius 2 is 1.83 bits per heavy atom. The van der Waals surface area contributed by atoms with Crippen molar-refractivity contribution in [2.45, 2.75) is 25.7 Å². The van der Waals surface area contributed by atoms with Gasteiger partial charge in [-0.15, -0.1) is 0 Å². The van der Waals surface area contributed by atoms with E-state index >= 15 is 0 Å². The predicted molar refractivity (Wildman–Crippen MR) is 101 cm³/mol. The fourth-order valence-electron chi connectivity index (χ4n) is 3.92. The van der Waals surface area contributed by atoms with Crippen LogP contribution in [0.4, 0.5) is 0 Å². The van der Waals surface area contributed by atoms with Crippen LogP contribution in [0.1, 0.15) is 35.2 Å². The third-order valence-corrected chi connectivity index (χ3v) is 5.49. The molecule has 0 saturated heterocycles. The first kappa shape index (κ1) is 14.2. The van der Waals surface area contributed by atoms with E-state index in [0.29, 0.717) is 5.39 Å². The van der Waals surface area contributed by atoms with Gasteiger partial charge in [0, 0.05) is 10.0 Å². The number of rotatable bonds is 0. The maximum Gasteiger partial charge on any atom is 0.266 e. The van der Waals surface area contributed by atoms with E-state index in [9.17, 15) is 4.79 Å². The van der Waals surface area contributed by atoms with Gasteiger partial charge in [-0.2, -0.15) is 0 Å². The van der Waals surface area contributed by atoms with Crippen molar-refractivity contribution in [2.24, 2.45) is 0 Å². The van der Waals surface area contributed by atoms with Crippen molar-refractivity contribution >= 4 is 44.6 Å². The lowest BCUT2D eigenvalue weighted by atomic mass is 9.88. The number of pyridine rings is 1. The molecule has 0 unspecified atom stereocenters. The molecule has 0 spiro atoms. The summed E-state index contributed by atoms with van der Waals surface area (Å²) in [5.74, 6) is 0. The van der Waals surface area contributed by atoms with Gasteiger partial charge >= 0.3 is 0 Å². The Bertz CT molecular complexity index is 1140. The minimum Gasteiger partial charge on any atom is -0.268 e. The quantitative estimate of drug-likeness (QED) is 0.538. The smallest absolute Gasteiger partial charge is 0.266 e. The molecule has 2 aromatic heterocycles. The number of hydrogen-bond donors (Lipinski definition) is 0. The first-order valence-electron chi connectivity index (χ1n) is 8.27. The van der Waals surface area contributed by atoms with Crippen molar-refractivity contribution in [1.29, 1.82) is 0 Å². The van der Waals surface area contributed by atoms with Crippen LogP contribution < -0.4 is 5.56 Å². The van der Waals surface area contributed by atoms with E-state index in [1.165, 1.54) is 11.1 Å². The van der Waals surface area contributed by atoms with Gasteiger partial charge in [-0.05, 0) is 61.1 Å². The first-order valence-corrected chi connectivity index (χ1v) is 9.06. The van der Waals surface area contributed by atoms with Crippen LogP contribution in [0.3, 0.4) is 0 Å². The van der Waals surface area contributed by atoms with Gasteiger partial charge in [-0.3, -0.25) is 9.20 Å². The molecule has 0 radical (unpaired) electrons. The van der Waals surface area contributed by atoms with Crippen LogP contribution in [0.25, 0.3) is 28.7 Å². The summed E-state index contributed by atoms with van der Waals surface area (Å²) in [5, 5.41) is 0.655. The molecule has 0 amide bonds. The first-order chi connectivity index (χ1) is 11.7. The number of allylic oxidation sites excluding steroid dienone is 2. The summed E-state index contributed by atoms with van der Waals surface area (Å²) in [4.78, 5) is 18.1. The molecule has 2 aliphatic carbocycles. The minimum atomic E-state index is 0.0147. The molecule has 2 heterocycles. The van der Waals surface area contributed by atoms with Gasteiger partial charge in [0.15, 0.2) is 0 Å². The van der Waals surface area contributed by atoms with Gasteiger partial charge in [0.25, 0.3) is 5.56 Å². The Morgan fingerprint density at radius 1 is 1.04 bits per heavy atom. The molecule has 2 aliphatic rings. The Balaban J connectivity index is 2.07. The second-order valence-corrected chi connectivity index (χ2v) is 7.29. The second-order valence-electron chi connectivity index (χ2n) is 6.38. The average Bonchev–Trinajstić information content (AvgIpc) is 2.62. The molecular formula is C20H15BrN2O. The highest BCUT2D eigenvalue weighted by Crippen LogP contribution is 2.32. The summed E-state index contributed by atoms with van der Waals surface area (Å²) in [7, 11) is 0. The maximum absolute atomic E-state index is 13.2. The van der Waals surface area contributed by atoms with E-state index in [1.54, 1.807) is 0 Å². The highest BCUT2D eigenvalue weighted by Gasteiger charge is 2.22. The highest BCUT2D eigenvalue weighted by atomic mass is 79.9. The minimum absolute atomic E-state index is 0.0147. The zero-order valence-corrected chi connectivity index (χ0v) is 14.6. The average molecular weight is 379 g/mol. The zero-order valence-electron chi connectivity index (χ0n) is 13.1. The van der Waals surface area contributed by atoms with Crippen LogP contribution in [0.2, 0.25) is 0 Å². The molecular weight excluding hydrogens is 364 g/mol. The number of benzene rings is 1. The summed E-state index contributed by atoms with van der Waals surface area (Å²) >= 11 is 3.46. The molecule has 3 nitrogen and oxygen atoms in total. The van der Waals surface area contributed by atoms with Crippen molar-refractivity contribution in [3.8, 4) is 0 Å². The monoisotopic (exact) mass is 378 g/mol. The van der Waals surface area contributed by atoms with Crippen LogP contribution >= 0.6 is 15.9 Å². The van der Waals surface area contributed by atoms with E-state index in [1.807, 2.05) is 22.6 Å². The summed E-state index contributed by atoms with van der Waals surface area (Å²) in [6.45, 7) is 0. The van der Waals surface area contributed by atoms with E-state index in [4.69, 9.17) is 4.98 Å². The lowest BCUT2D eigenvalue weighted by molar-refractivity contribution is 0.870. The standard InChI is InChI=1S/C20H15BrN2O/c21-12-9-10-17-16(11-12)20(24)23-18-8-4-3-6-14(18)13-5-1-2-7-15(13)19(23)22-17/h2,4,7-11H,1,3,5-6H2. The molecule has 0 bridgehead atoms. The lowest BCUT2D eigenvalue weighted by Gasteiger charge is -2.23. The van der Waals surface area contributed by atoms with E-state index < -0.39 is 0 Å². The van der Waals surface area contributed by atoms with Crippen molar-refractivity contribution in [3.63, 3.8) is 0 Å². The second kappa shape index (κ2) is 5.15. The van der Waals surface area contributed by atoms with Crippen molar-refractivity contribution in [3.05, 3.63) is 67.6 Å². The van der Waals surface area contributed by atoms with Crippen LogP contribution in [-0.4, -0.2) is 9.38 Å². The predicted octanol–water partition coefficient (Wildman–Crippen LogP) is 4.53. The van der Waals surface area contributed by atoms with Crippen molar-refractivity contribution < 1.29 is 0 Å². The van der Waals surface area contributed by atoms with Crippen molar-refractivity contribution in [1.82, 2.24) is 9.38 Å². The van der Waals surface area contributed by atoms with E-state index in [0.717, 1.165) is 52.6 Å². The number of aromatic nitrogens is 2. The lowest BCUT2D eigenvalue weighted by Crippen LogP contribution is -2.23.